The van der Waals surface area contributed by atoms with Gasteiger partial charge < -0.3 is 14.3 Å². The molecular weight excluding hydrogens is 481 g/mol. The summed E-state index contributed by atoms with van der Waals surface area (Å²) in [7, 11) is 1.41. The Hall–Kier alpha value is -3.65. The summed E-state index contributed by atoms with van der Waals surface area (Å²) in [5.74, 6) is -1.08. The van der Waals surface area contributed by atoms with E-state index in [1.165, 1.54) is 30.2 Å². The molecule has 0 saturated heterocycles. The summed E-state index contributed by atoms with van der Waals surface area (Å²) in [6.07, 6.45) is 0. The molecule has 1 N–H and O–H groups in total. The number of halogens is 2. The number of anilines is 1. The first kappa shape index (κ1) is 20.3. The van der Waals surface area contributed by atoms with Crippen molar-refractivity contribution in [1.82, 2.24) is 0 Å². The van der Waals surface area contributed by atoms with E-state index in [1.807, 2.05) is 6.07 Å². The van der Waals surface area contributed by atoms with E-state index in [2.05, 4.69) is 15.9 Å². The van der Waals surface area contributed by atoms with E-state index >= 15 is 0 Å². The van der Waals surface area contributed by atoms with Crippen LogP contribution in [0.25, 0.3) is 11.0 Å². The molecule has 1 aliphatic heterocycles. The van der Waals surface area contributed by atoms with Gasteiger partial charge in [0, 0.05) is 10.2 Å². The van der Waals surface area contributed by atoms with Crippen molar-refractivity contribution in [2.75, 3.05) is 12.0 Å². The molecule has 1 aromatic heterocycles. The van der Waals surface area contributed by atoms with Gasteiger partial charge in [-0.3, -0.25) is 14.5 Å². The fraction of sp³-hybridized carbons (Fsp3) is 0.0833. The van der Waals surface area contributed by atoms with Crippen molar-refractivity contribution in [3.8, 4) is 11.5 Å². The first-order valence-electron chi connectivity index (χ1n) is 9.61. The number of methoxy groups -OCH3 is 1. The molecule has 1 aliphatic rings. The van der Waals surface area contributed by atoms with Gasteiger partial charge in [0.1, 0.15) is 11.4 Å². The van der Waals surface area contributed by atoms with Gasteiger partial charge in [0.25, 0.3) is 5.91 Å². The van der Waals surface area contributed by atoms with E-state index in [4.69, 9.17) is 9.15 Å². The molecule has 0 saturated carbocycles. The van der Waals surface area contributed by atoms with Crippen molar-refractivity contribution in [2.24, 2.45) is 0 Å². The molecular formula is C24H15BrFNO5. The zero-order valence-corrected chi connectivity index (χ0v) is 18.2. The van der Waals surface area contributed by atoms with Crippen molar-refractivity contribution in [3.63, 3.8) is 0 Å². The molecule has 4 aromatic rings. The highest BCUT2D eigenvalue weighted by Crippen LogP contribution is 2.43. The molecule has 32 heavy (non-hydrogen) atoms. The summed E-state index contributed by atoms with van der Waals surface area (Å²) < 4.78 is 25.7. The highest BCUT2D eigenvalue weighted by Gasteiger charge is 2.44. The van der Waals surface area contributed by atoms with Gasteiger partial charge in [0.05, 0.1) is 24.1 Å². The average Bonchev–Trinajstić information content (AvgIpc) is 3.07. The number of nitrogens with zero attached hydrogens (tertiary/aromatic N) is 1. The number of carbonyl (C=O) groups excluding carboxylic acids is 1. The van der Waals surface area contributed by atoms with Crippen molar-refractivity contribution in [1.29, 1.82) is 0 Å². The van der Waals surface area contributed by atoms with Crippen LogP contribution in [-0.2, 0) is 0 Å². The number of hydrogen-bond acceptors (Lipinski definition) is 5. The Labute approximate surface area is 189 Å². The number of amides is 1. The maximum Gasteiger partial charge on any atom is 0.295 e. The monoisotopic (exact) mass is 495 g/mol. The SMILES string of the molecule is COc1cc(C2c3c(oc4ccc(F)cc4c3=O)C(=O)N2c2cccc(Br)c2)ccc1O. The molecule has 8 heteroatoms. The molecule has 1 amide bonds. The first-order valence-corrected chi connectivity index (χ1v) is 10.4. The molecule has 3 aromatic carbocycles. The lowest BCUT2D eigenvalue weighted by atomic mass is 9.97. The Morgan fingerprint density at radius 3 is 2.66 bits per heavy atom. The largest absolute Gasteiger partial charge is 0.504 e. The molecule has 1 atom stereocenters. The molecule has 1 unspecified atom stereocenters. The normalized spacial score (nSPS) is 15.3. The summed E-state index contributed by atoms with van der Waals surface area (Å²) in [4.78, 5) is 28.4. The van der Waals surface area contributed by atoms with Gasteiger partial charge in [-0.15, -0.1) is 0 Å². The minimum Gasteiger partial charge on any atom is -0.504 e. The number of benzene rings is 3. The number of aromatic hydroxyl groups is 1. The molecule has 0 aliphatic carbocycles. The summed E-state index contributed by atoms with van der Waals surface area (Å²) in [5, 5.41) is 10.1. The standard InChI is InChI=1S/C24H15BrFNO5/c1-31-19-9-12(5-7-17(19)28)21-20-22(29)16-11-14(26)6-8-18(16)32-23(20)24(30)27(21)15-4-2-3-13(25)10-15/h2-11,21,28H,1H3. The number of hydrogen-bond donors (Lipinski definition) is 1. The van der Waals surface area contributed by atoms with Crippen LogP contribution in [-0.4, -0.2) is 18.1 Å². The van der Waals surface area contributed by atoms with Crippen LogP contribution in [0.5, 0.6) is 11.5 Å². The molecule has 6 nitrogen and oxygen atoms in total. The van der Waals surface area contributed by atoms with Gasteiger partial charge >= 0.3 is 0 Å². The van der Waals surface area contributed by atoms with Gasteiger partial charge in [-0.05, 0) is 54.1 Å². The van der Waals surface area contributed by atoms with Crippen molar-refractivity contribution < 1.29 is 23.4 Å². The number of phenols is 1. The number of rotatable bonds is 3. The van der Waals surface area contributed by atoms with Gasteiger partial charge in [-0.2, -0.15) is 0 Å². The Morgan fingerprint density at radius 1 is 1.09 bits per heavy atom. The number of fused-ring (bicyclic) bond motifs is 2. The van der Waals surface area contributed by atoms with Crippen LogP contribution in [0.4, 0.5) is 10.1 Å². The zero-order valence-electron chi connectivity index (χ0n) is 16.6. The van der Waals surface area contributed by atoms with Crippen LogP contribution in [0.15, 0.2) is 74.3 Å². The third-order valence-corrected chi connectivity index (χ3v) is 5.93. The van der Waals surface area contributed by atoms with Crippen LogP contribution in [0.3, 0.4) is 0 Å². The van der Waals surface area contributed by atoms with E-state index in [9.17, 15) is 19.1 Å². The van der Waals surface area contributed by atoms with Crippen LogP contribution in [0.1, 0.15) is 27.7 Å². The lowest BCUT2D eigenvalue weighted by Gasteiger charge is -2.25. The summed E-state index contributed by atoms with van der Waals surface area (Å²) in [5.41, 5.74) is 0.781. The molecule has 2 heterocycles. The quantitative estimate of drug-likeness (QED) is 0.424. The van der Waals surface area contributed by atoms with Crippen LogP contribution >= 0.6 is 15.9 Å². The van der Waals surface area contributed by atoms with Gasteiger partial charge in [0.2, 0.25) is 5.76 Å². The van der Waals surface area contributed by atoms with E-state index in [1.54, 1.807) is 30.3 Å². The zero-order chi connectivity index (χ0) is 22.6. The predicted octanol–water partition coefficient (Wildman–Crippen LogP) is 5.16. The van der Waals surface area contributed by atoms with E-state index < -0.39 is 23.2 Å². The third kappa shape index (κ3) is 3.06. The average molecular weight is 496 g/mol. The second-order valence-electron chi connectivity index (χ2n) is 7.30. The Bertz CT molecular complexity index is 1460. The number of carbonyl (C=O) groups is 1. The fourth-order valence-electron chi connectivity index (χ4n) is 4.02. The van der Waals surface area contributed by atoms with E-state index in [0.29, 0.717) is 11.3 Å². The summed E-state index contributed by atoms with van der Waals surface area (Å²) in [6, 6.07) is 14.4. The molecule has 5 rings (SSSR count). The molecule has 160 valence electrons. The fourth-order valence-corrected chi connectivity index (χ4v) is 4.40. The third-order valence-electron chi connectivity index (χ3n) is 5.44. The minimum absolute atomic E-state index is 0.0448. The predicted molar refractivity (Wildman–Crippen MR) is 120 cm³/mol. The van der Waals surface area contributed by atoms with Gasteiger partial charge in [0.15, 0.2) is 16.9 Å². The van der Waals surface area contributed by atoms with Gasteiger partial charge in [-0.25, -0.2) is 4.39 Å². The number of ether oxygens (including phenoxy) is 1. The summed E-state index contributed by atoms with van der Waals surface area (Å²) in [6.45, 7) is 0. The van der Waals surface area contributed by atoms with Crippen molar-refractivity contribution in [2.45, 2.75) is 6.04 Å². The number of phenolic OH excluding ortho intramolecular Hbond substituents is 1. The highest BCUT2D eigenvalue weighted by molar-refractivity contribution is 9.10. The molecule has 0 radical (unpaired) electrons. The summed E-state index contributed by atoms with van der Waals surface area (Å²) >= 11 is 3.41. The van der Waals surface area contributed by atoms with Crippen LogP contribution < -0.4 is 15.1 Å². The topological polar surface area (TPSA) is 80.0 Å². The molecule has 0 spiro atoms. The molecule has 0 fully saturated rings. The van der Waals surface area contributed by atoms with Crippen molar-refractivity contribution >= 4 is 38.5 Å². The van der Waals surface area contributed by atoms with Crippen LogP contribution in [0.2, 0.25) is 0 Å². The lowest BCUT2D eigenvalue weighted by molar-refractivity contribution is 0.0971. The second-order valence-corrected chi connectivity index (χ2v) is 8.22. The van der Waals surface area contributed by atoms with Crippen LogP contribution in [0, 0.1) is 5.82 Å². The smallest absolute Gasteiger partial charge is 0.295 e. The first-order chi connectivity index (χ1) is 15.4. The minimum atomic E-state index is -0.870. The Kier molecular flexibility index (Phi) is 4.74. The van der Waals surface area contributed by atoms with E-state index in [-0.39, 0.29) is 33.8 Å². The molecule has 0 bridgehead atoms. The lowest BCUT2D eigenvalue weighted by Crippen LogP contribution is -2.29. The Balaban J connectivity index is 1.83. The van der Waals surface area contributed by atoms with Gasteiger partial charge in [-0.1, -0.05) is 28.1 Å². The maximum atomic E-state index is 13.9. The second kappa shape index (κ2) is 7.49. The maximum absolute atomic E-state index is 13.9. The van der Waals surface area contributed by atoms with Crippen molar-refractivity contribution in [3.05, 3.63) is 98.1 Å². The highest BCUT2D eigenvalue weighted by atomic mass is 79.9. The van der Waals surface area contributed by atoms with E-state index in [0.717, 1.165) is 10.5 Å². The Morgan fingerprint density at radius 2 is 1.91 bits per heavy atom.